The van der Waals surface area contributed by atoms with E-state index in [1.165, 1.54) is 0 Å². The lowest BCUT2D eigenvalue weighted by Gasteiger charge is -2.37. The molecular weight excluding hydrogens is 304 g/mol. The number of nitrogens with zero attached hydrogens (tertiary/aromatic N) is 1. The average Bonchev–Trinajstić information content (AvgIpc) is 3.13. The number of anilines is 1. The lowest BCUT2D eigenvalue weighted by molar-refractivity contribution is 0.0669. The van der Waals surface area contributed by atoms with Crippen LogP contribution in [0.2, 0.25) is 0 Å². The van der Waals surface area contributed by atoms with E-state index in [1.807, 2.05) is 58.8 Å². The van der Waals surface area contributed by atoms with Gasteiger partial charge in [0, 0.05) is 17.1 Å². The zero-order chi connectivity index (χ0) is 15.6. The van der Waals surface area contributed by atoms with Gasteiger partial charge in [-0.25, -0.2) is 0 Å². The highest BCUT2D eigenvalue weighted by molar-refractivity contribution is 7.10. The number of benzene rings is 2. The second kappa shape index (κ2) is 5.89. The summed E-state index contributed by atoms with van der Waals surface area (Å²) in [5, 5.41) is 5.56. The van der Waals surface area contributed by atoms with Gasteiger partial charge in [-0.15, -0.1) is 11.3 Å². The molecule has 3 nitrogen and oxygen atoms in total. The van der Waals surface area contributed by atoms with Gasteiger partial charge in [-0.1, -0.05) is 48.5 Å². The summed E-state index contributed by atoms with van der Waals surface area (Å²) in [6.07, 6.45) is -0.127. The summed E-state index contributed by atoms with van der Waals surface area (Å²) in [5.74, 6) is 0.0709. The minimum Gasteiger partial charge on any atom is -0.360 e. The smallest absolute Gasteiger partial charge is 0.258 e. The van der Waals surface area contributed by atoms with Crippen molar-refractivity contribution < 1.29 is 4.79 Å². The van der Waals surface area contributed by atoms with E-state index in [4.69, 9.17) is 0 Å². The fourth-order valence-corrected chi connectivity index (χ4v) is 3.69. The number of thiophene rings is 1. The first kappa shape index (κ1) is 14.0. The molecule has 0 bridgehead atoms. The number of carbonyl (C=O) groups is 1. The molecule has 0 saturated heterocycles. The van der Waals surface area contributed by atoms with Crippen molar-refractivity contribution in [3.8, 4) is 0 Å². The maximum Gasteiger partial charge on any atom is 0.258 e. The van der Waals surface area contributed by atoms with E-state index in [9.17, 15) is 4.79 Å². The van der Waals surface area contributed by atoms with E-state index in [0.29, 0.717) is 6.54 Å². The molecule has 0 unspecified atom stereocenters. The molecule has 1 atom stereocenters. The summed E-state index contributed by atoms with van der Waals surface area (Å²) in [4.78, 5) is 16.1. The molecule has 0 spiro atoms. The molecule has 4 rings (SSSR count). The normalized spacial score (nSPS) is 16.8. The van der Waals surface area contributed by atoms with Crippen LogP contribution in [0.1, 0.15) is 27.0 Å². The third kappa shape index (κ3) is 2.62. The highest BCUT2D eigenvalue weighted by Crippen LogP contribution is 2.35. The van der Waals surface area contributed by atoms with E-state index in [1.54, 1.807) is 11.3 Å². The SMILES string of the molecule is O=C1c2ccccc2N[C@H](c2cccs2)N1Cc1ccccc1. The largest absolute Gasteiger partial charge is 0.360 e. The number of amides is 1. The number of rotatable bonds is 3. The van der Waals surface area contributed by atoms with Crippen LogP contribution in [0.15, 0.2) is 72.1 Å². The van der Waals surface area contributed by atoms with Crippen molar-refractivity contribution in [1.29, 1.82) is 0 Å². The Bertz CT molecular complexity index is 814. The summed E-state index contributed by atoms with van der Waals surface area (Å²) < 4.78 is 0. The Morgan fingerprint density at radius 3 is 2.52 bits per heavy atom. The maximum atomic E-state index is 13.0. The van der Waals surface area contributed by atoms with Crippen LogP contribution in [0.5, 0.6) is 0 Å². The molecule has 1 amide bonds. The molecule has 0 radical (unpaired) electrons. The Morgan fingerprint density at radius 2 is 1.74 bits per heavy atom. The molecule has 1 aliphatic rings. The summed E-state index contributed by atoms with van der Waals surface area (Å²) in [6, 6.07) is 21.9. The van der Waals surface area contributed by atoms with Crippen LogP contribution in [0.4, 0.5) is 5.69 Å². The highest BCUT2D eigenvalue weighted by atomic mass is 32.1. The number of nitrogens with one attached hydrogen (secondary N) is 1. The molecule has 114 valence electrons. The third-order valence-corrected chi connectivity index (χ3v) is 4.96. The molecule has 0 saturated carbocycles. The molecular formula is C19H16N2OS. The van der Waals surface area contributed by atoms with Gasteiger partial charge in [0.15, 0.2) is 0 Å². The molecule has 0 fully saturated rings. The Hall–Kier alpha value is -2.59. The van der Waals surface area contributed by atoms with Crippen molar-refractivity contribution in [3.63, 3.8) is 0 Å². The van der Waals surface area contributed by atoms with Gasteiger partial charge in [0.2, 0.25) is 0 Å². The topological polar surface area (TPSA) is 32.3 Å². The van der Waals surface area contributed by atoms with Gasteiger partial charge in [0.1, 0.15) is 6.17 Å². The first-order chi connectivity index (χ1) is 11.3. The fraction of sp³-hybridized carbons (Fsp3) is 0.105. The first-order valence-corrected chi connectivity index (χ1v) is 8.45. The highest BCUT2D eigenvalue weighted by Gasteiger charge is 2.33. The van der Waals surface area contributed by atoms with Crippen molar-refractivity contribution in [1.82, 2.24) is 4.90 Å². The van der Waals surface area contributed by atoms with Crippen molar-refractivity contribution in [3.05, 3.63) is 88.1 Å². The number of fused-ring (bicyclic) bond motifs is 1. The van der Waals surface area contributed by atoms with Gasteiger partial charge in [0.05, 0.1) is 5.56 Å². The van der Waals surface area contributed by atoms with Crippen LogP contribution in [-0.4, -0.2) is 10.8 Å². The zero-order valence-electron chi connectivity index (χ0n) is 12.5. The lowest BCUT2D eigenvalue weighted by atomic mass is 10.1. The van der Waals surface area contributed by atoms with Crippen LogP contribution in [0, 0.1) is 0 Å². The molecule has 0 aliphatic carbocycles. The molecule has 1 aliphatic heterocycles. The van der Waals surface area contributed by atoms with E-state index < -0.39 is 0 Å². The molecule has 3 aromatic rings. The van der Waals surface area contributed by atoms with E-state index in [0.717, 1.165) is 21.7 Å². The van der Waals surface area contributed by atoms with Crippen LogP contribution in [0.25, 0.3) is 0 Å². The van der Waals surface area contributed by atoms with E-state index in [-0.39, 0.29) is 12.1 Å². The van der Waals surface area contributed by atoms with Gasteiger partial charge in [-0.05, 0) is 29.1 Å². The number of carbonyl (C=O) groups excluding carboxylic acids is 1. The molecule has 2 heterocycles. The minimum atomic E-state index is -0.127. The van der Waals surface area contributed by atoms with Crippen molar-refractivity contribution in [2.45, 2.75) is 12.7 Å². The standard InChI is InChI=1S/C19H16N2OS/c22-19-15-9-4-5-10-16(15)20-18(17-11-6-12-23-17)21(19)13-14-7-2-1-3-8-14/h1-12,18,20H,13H2/t18-/m0/s1. The van der Waals surface area contributed by atoms with Crippen LogP contribution < -0.4 is 5.32 Å². The lowest BCUT2D eigenvalue weighted by Crippen LogP contribution is -2.42. The van der Waals surface area contributed by atoms with Crippen LogP contribution in [0.3, 0.4) is 0 Å². The number of para-hydroxylation sites is 1. The molecule has 23 heavy (non-hydrogen) atoms. The van der Waals surface area contributed by atoms with Crippen molar-refractivity contribution >= 4 is 22.9 Å². The monoisotopic (exact) mass is 320 g/mol. The van der Waals surface area contributed by atoms with Gasteiger partial charge < -0.3 is 10.2 Å². The second-order valence-electron chi connectivity index (χ2n) is 5.53. The van der Waals surface area contributed by atoms with Crippen LogP contribution >= 0.6 is 11.3 Å². The van der Waals surface area contributed by atoms with Gasteiger partial charge in [-0.2, -0.15) is 0 Å². The second-order valence-corrected chi connectivity index (χ2v) is 6.51. The fourth-order valence-electron chi connectivity index (χ4n) is 2.91. The van der Waals surface area contributed by atoms with Gasteiger partial charge in [0.25, 0.3) is 5.91 Å². The molecule has 1 N–H and O–H groups in total. The minimum absolute atomic E-state index is 0.0709. The van der Waals surface area contributed by atoms with E-state index >= 15 is 0 Å². The van der Waals surface area contributed by atoms with Gasteiger partial charge >= 0.3 is 0 Å². The van der Waals surface area contributed by atoms with Crippen molar-refractivity contribution in [2.24, 2.45) is 0 Å². The summed E-state index contributed by atoms with van der Waals surface area (Å²) >= 11 is 1.66. The first-order valence-electron chi connectivity index (χ1n) is 7.57. The molecule has 4 heteroatoms. The maximum absolute atomic E-state index is 13.0. The van der Waals surface area contributed by atoms with Crippen molar-refractivity contribution in [2.75, 3.05) is 5.32 Å². The summed E-state index contributed by atoms with van der Waals surface area (Å²) in [6.45, 7) is 0.587. The summed E-state index contributed by atoms with van der Waals surface area (Å²) in [5.41, 5.74) is 2.76. The molecule has 2 aromatic carbocycles. The average molecular weight is 320 g/mol. The van der Waals surface area contributed by atoms with Gasteiger partial charge in [-0.3, -0.25) is 4.79 Å². The predicted molar refractivity (Wildman–Crippen MR) is 93.4 cm³/mol. The van der Waals surface area contributed by atoms with Crippen LogP contribution in [-0.2, 0) is 6.54 Å². The Labute approximate surface area is 139 Å². The quantitative estimate of drug-likeness (QED) is 0.770. The Balaban J connectivity index is 1.75. The molecule has 1 aromatic heterocycles. The number of hydrogen-bond acceptors (Lipinski definition) is 3. The summed E-state index contributed by atoms with van der Waals surface area (Å²) in [7, 11) is 0. The Kier molecular flexibility index (Phi) is 3.60. The number of hydrogen-bond donors (Lipinski definition) is 1. The Morgan fingerprint density at radius 1 is 0.957 bits per heavy atom. The third-order valence-electron chi connectivity index (χ3n) is 4.03. The predicted octanol–water partition coefficient (Wildman–Crippen LogP) is 4.51. The zero-order valence-corrected chi connectivity index (χ0v) is 13.3. The van der Waals surface area contributed by atoms with E-state index in [2.05, 4.69) is 23.5 Å².